The maximum Gasteiger partial charge on any atom is 0.254 e. The Morgan fingerprint density at radius 1 is 1.15 bits per heavy atom. The highest BCUT2D eigenvalue weighted by Crippen LogP contribution is 2.33. The molecule has 0 aliphatic carbocycles. The molecule has 2 amide bonds. The zero-order chi connectivity index (χ0) is 23.5. The highest BCUT2D eigenvalue weighted by atomic mass is 35.5. The van der Waals surface area contributed by atoms with Gasteiger partial charge in [-0.15, -0.1) is 10.2 Å². The zero-order valence-corrected chi connectivity index (χ0v) is 20.4. The fourth-order valence-corrected chi connectivity index (χ4v) is 4.83. The number of hydrogen-bond donors (Lipinski definition) is 1. The van der Waals surface area contributed by atoms with Crippen LogP contribution in [0, 0.1) is 13.8 Å². The van der Waals surface area contributed by atoms with E-state index < -0.39 is 0 Å². The molecule has 1 N–H and O–H groups in total. The molecule has 1 aliphatic heterocycles. The smallest absolute Gasteiger partial charge is 0.254 e. The van der Waals surface area contributed by atoms with Crippen molar-refractivity contribution in [3.05, 3.63) is 70.0 Å². The highest BCUT2D eigenvalue weighted by Gasteiger charge is 2.34. The molecule has 1 fully saturated rings. The first-order valence-corrected chi connectivity index (χ1v) is 12.2. The summed E-state index contributed by atoms with van der Waals surface area (Å²) < 4.78 is 1.88. The summed E-state index contributed by atoms with van der Waals surface area (Å²) >= 11 is 7.29. The highest BCUT2D eigenvalue weighted by molar-refractivity contribution is 7.99. The molecule has 1 aliphatic rings. The van der Waals surface area contributed by atoms with Crippen LogP contribution in [0.15, 0.2) is 47.6 Å². The molecule has 172 valence electrons. The lowest BCUT2D eigenvalue weighted by molar-refractivity contribution is -0.113. The van der Waals surface area contributed by atoms with Gasteiger partial charge in [-0.05, 0) is 68.1 Å². The zero-order valence-electron chi connectivity index (χ0n) is 18.8. The molecule has 1 aromatic heterocycles. The molecule has 0 saturated carbocycles. The second-order valence-electron chi connectivity index (χ2n) is 8.15. The third-order valence-corrected chi connectivity index (χ3v) is 7.25. The van der Waals surface area contributed by atoms with Crippen molar-refractivity contribution in [3.63, 3.8) is 0 Å². The average molecular weight is 484 g/mol. The number of aryl methyl sites for hydroxylation is 1. The molecule has 9 heteroatoms. The molecule has 7 nitrogen and oxygen atoms in total. The largest absolute Gasteiger partial charge is 0.328 e. The number of nitrogens with zero attached hydrogens (tertiary/aromatic N) is 4. The van der Waals surface area contributed by atoms with Crippen LogP contribution in [0.5, 0.6) is 0 Å². The number of nitrogens with one attached hydrogen (secondary N) is 1. The van der Waals surface area contributed by atoms with Crippen LogP contribution < -0.4 is 5.32 Å². The average Bonchev–Trinajstić information content (AvgIpc) is 3.42. The molecule has 0 radical (unpaired) electrons. The molecule has 0 spiro atoms. The number of carbonyl (C=O) groups excluding carboxylic acids is 2. The van der Waals surface area contributed by atoms with Crippen LogP contribution in [0.3, 0.4) is 0 Å². The van der Waals surface area contributed by atoms with Crippen molar-refractivity contribution < 1.29 is 9.59 Å². The molecule has 0 bridgehead atoms. The lowest BCUT2D eigenvalue weighted by Crippen LogP contribution is -2.31. The summed E-state index contributed by atoms with van der Waals surface area (Å²) in [4.78, 5) is 27.4. The van der Waals surface area contributed by atoms with Crippen LogP contribution in [0.4, 0.5) is 5.69 Å². The van der Waals surface area contributed by atoms with Gasteiger partial charge in [-0.1, -0.05) is 35.5 Å². The SMILES string of the molecule is Cc1cccc(NC(=O)CSc2nnc(C3CCCN3C(=O)c3ccc(Cl)cc3)n2C)c1C. The number of likely N-dealkylation sites (tertiary alicyclic amines) is 1. The number of halogens is 1. The van der Waals surface area contributed by atoms with Crippen LogP contribution in [0.1, 0.15) is 46.2 Å². The summed E-state index contributed by atoms with van der Waals surface area (Å²) in [5, 5.41) is 12.9. The summed E-state index contributed by atoms with van der Waals surface area (Å²) in [7, 11) is 1.88. The van der Waals surface area contributed by atoms with Gasteiger partial charge in [0, 0.05) is 29.9 Å². The van der Waals surface area contributed by atoms with E-state index >= 15 is 0 Å². The molecule has 33 heavy (non-hydrogen) atoms. The normalized spacial score (nSPS) is 15.6. The molecule has 2 aromatic carbocycles. The summed E-state index contributed by atoms with van der Waals surface area (Å²) in [6.45, 7) is 4.68. The lowest BCUT2D eigenvalue weighted by Gasteiger charge is -2.24. The van der Waals surface area contributed by atoms with Gasteiger partial charge in [-0.25, -0.2) is 0 Å². The maximum atomic E-state index is 13.1. The Bertz CT molecular complexity index is 1180. The second-order valence-corrected chi connectivity index (χ2v) is 9.53. The topological polar surface area (TPSA) is 80.1 Å². The monoisotopic (exact) mass is 483 g/mol. The quantitative estimate of drug-likeness (QED) is 0.510. The third kappa shape index (κ3) is 5.07. The third-order valence-electron chi connectivity index (χ3n) is 5.98. The van der Waals surface area contributed by atoms with E-state index in [0.717, 1.165) is 35.5 Å². The number of rotatable bonds is 6. The number of benzene rings is 2. The summed E-state index contributed by atoms with van der Waals surface area (Å²) in [5.41, 5.74) is 3.61. The minimum Gasteiger partial charge on any atom is -0.328 e. The van der Waals surface area contributed by atoms with Gasteiger partial charge in [0.25, 0.3) is 5.91 Å². The van der Waals surface area contributed by atoms with Gasteiger partial charge in [0.05, 0.1) is 11.8 Å². The summed E-state index contributed by atoms with van der Waals surface area (Å²) in [5.74, 6) is 0.808. The van der Waals surface area contributed by atoms with Crippen molar-refractivity contribution in [2.45, 2.75) is 37.9 Å². The number of thioether (sulfide) groups is 1. The first-order chi connectivity index (χ1) is 15.8. The standard InChI is InChI=1S/C24H26ClN5O2S/c1-15-6-4-7-19(16(15)2)26-21(31)14-33-24-28-27-22(29(24)3)20-8-5-13-30(20)23(32)17-9-11-18(25)12-10-17/h4,6-7,9-12,20H,5,8,13-14H2,1-3H3,(H,26,31). The number of aromatic nitrogens is 3. The van der Waals surface area contributed by atoms with Crippen molar-refractivity contribution in [2.75, 3.05) is 17.6 Å². The van der Waals surface area contributed by atoms with Crippen LogP contribution >= 0.6 is 23.4 Å². The van der Waals surface area contributed by atoms with Gasteiger partial charge in [0.2, 0.25) is 5.91 Å². The Morgan fingerprint density at radius 2 is 1.91 bits per heavy atom. The summed E-state index contributed by atoms with van der Waals surface area (Å²) in [6, 6.07) is 12.6. The molecule has 4 rings (SSSR count). The van der Waals surface area contributed by atoms with Crippen molar-refractivity contribution in [1.29, 1.82) is 0 Å². The minimum absolute atomic E-state index is 0.0423. The Labute approximate surface area is 202 Å². The van der Waals surface area contributed by atoms with Crippen molar-refractivity contribution in [3.8, 4) is 0 Å². The van der Waals surface area contributed by atoms with Crippen LogP contribution in [-0.4, -0.2) is 43.8 Å². The fraction of sp³-hybridized carbons (Fsp3) is 0.333. The van der Waals surface area contributed by atoms with Gasteiger partial charge in [0.1, 0.15) is 0 Å². The first-order valence-electron chi connectivity index (χ1n) is 10.8. The molecule has 1 saturated heterocycles. The Morgan fingerprint density at radius 3 is 2.67 bits per heavy atom. The molecule has 2 heterocycles. The second kappa shape index (κ2) is 9.97. The predicted molar refractivity (Wildman–Crippen MR) is 131 cm³/mol. The molecular weight excluding hydrogens is 458 g/mol. The summed E-state index contributed by atoms with van der Waals surface area (Å²) in [6.07, 6.45) is 1.72. The van der Waals surface area contributed by atoms with E-state index in [1.807, 2.05) is 48.6 Å². The van der Waals surface area contributed by atoms with E-state index in [0.29, 0.717) is 22.3 Å². The van der Waals surface area contributed by atoms with Crippen molar-refractivity contribution >= 4 is 40.9 Å². The van der Waals surface area contributed by atoms with E-state index in [2.05, 4.69) is 15.5 Å². The van der Waals surface area contributed by atoms with E-state index in [9.17, 15) is 9.59 Å². The van der Waals surface area contributed by atoms with Crippen LogP contribution in [0.25, 0.3) is 0 Å². The lowest BCUT2D eigenvalue weighted by atomic mass is 10.1. The van der Waals surface area contributed by atoms with E-state index in [1.165, 1.54) is 11.8 Å². The van der Waals surface area contributed by atoms with Crippen LogP contribution in [0.2, 0.25) is 5.02 Å². The van der Waals surface area contributed by atoms with Crippen molar-refractivity contribution in [1.82, 2.24) is 19.7 Å². The van der Waals surface area contributed by atoms with Gasteiger partial charge < -0.3 is 14.8 Å². The van der Waals surface area contributed by atoms with Crippen molar-refractivity contribution in [2.24, 2.45) is 7.05 Å². The van der Waals surface area contributed by atoms with Gasteiger partial charge in [-0.2, -0.15) is 0 Å². The molecule has 3 aromatic rings. The first kappa shape index (κ1) is 23.3. The van der Waals surface area contributed by atoms with Gasteiger partial charge >= 0.3 is 0 Å². The maximum absolute atomic E-state index is 13.1. The Balaban J connectivity index is 1.42. The fourth-order valence-electron chi connectivity index (χ4n) is 3.98. The van der Waals surface area contributed by atoms with E-state index in [4.69, 9.17) is 11.6 Å². The van der Waals surface area contributed by atoms with E-state index in [-0.39, 0.29) is 23.6 Å². The number of anilines is 1. The molecule has 1 atom stereocenters. The van der Waals surface area contributed by atoms with E-state index in [1.54, 1.807) is 24.3 Å². The van der Waals surface area contributed by atoms with Gasteiger partial charge in [-0.3, -0.25) is 9.59 Å². The van der Waals surface area contributed by atoms with Gasteiger partial charge in [0.15, 0.2) is 11.0 Å². The molecular formula is C24H26ClN5O2S. The number of carbonyl (C=O) groups is 2. The number of amides is 2. The minimum atomic E-state index is -0.149. The molecule has 1 unspecified atom stereocenters. The Hall–Kier alpha value is -2.84. The Kier molecular flexibility index (Phi) is 7.05. The van der Waals surface area contributed by atoms with Crippen LogP contribution in [-0.2, 0) is 11.8 Å². The number of hydrogen-bond acceptors (Lipinski definition) is 5. The predicted octanol–water partition coefficient (Wildman–Crippen LogP) is 4.79.